The molecular formula is C17H22N2O5. The van der Waals surface area contributed by atoms with E-state index >= 15 is 0 Å². The van der Waals surface area contributed by atoms with Crippen molar-refractivity contribution in [2.45, 2.75) is 25.4 Å². The number of carboxylic acid groups (broad SMARTS) is 1. The van der Waals surface area contributed by atoms with E-state index in [0.29, 0.717) is 38.1 Å². The summed E-state index contributed by atoms with van der Waals surface area (Å²) >= 11 is 0. The third-order valence-electron chi connectivity index (χ3n) is 3.94. The maximum Gasteiger partial charge on any atom is 0.306 e. The summed E-state index contributed by atoms with van der Waals surface area (Å²) in [5.41, 5.74) is 1.48. The molecule has 1 atom stereocenters. The maximum atomic E-state index is 12.3. The molecule has 0 aliphatic carbocycles. The van der Waals surface area contributed by atoms with E-state index in [4.69, 9.17) is 9.84 Å². The summed E-state index contributed by atoms with van der Waals surface area (Å²) < 4.78 is 5.37. The minimum atomic E-state index is -0.930. The number of rotatable bonds is 6. The Labute approximate surface area is 140 Å². The van der Waals surface area contributed by atoms with Gasteiger partial charge >= 0.3 is 5.97 Å². The minimum absolute atomic E-state index is 0.0287. The Morgan fingerprint density at radius 3 is 2.88 bits per heavy atom. The van der Waals surface area contributed by atoms with Gasteiger partial charge in [0, 0.05) is 32.1 Å². The summed E-state index contributed by atoms with van der Waals surface area (Å²) in [6, 6.07) is 7.18. The maximum absolute atomic E-state index is 12.3. The van der Waals surface area contributed by atoms with E-state index in [1.165, 1.54) is 0 Å². The van der Waals surface area contributed by atoms with E-state index in [-0.39, 0.29) is 18.2 Å². The molecule has 1 heterocycles. The Morgan fingerprint density at radius 2 is 2.17 bits per heavy atom. The normalized spacial score (nSPS) is 17.4. The molecule has 1 aromatic rings. The lowest BCUT2D eigenvalue weighted by Gasteiger charge is -2.32. The van der Waals surface area contributed by atoms with Gasteiger partial charge < -0.3 is 20.1 Å². The van der Waals surface area contributed by atoms with Crippen LogP contribution < -0.4 is 5.32 Å². The molecule has 7 heteroatoms. The van der Waals surface area contributed by atoms with Gasteiger partial charge in [-0.1, -0.05) is 12.1 Å². The van der Waals surface area contributed by atoms with E-state index < -0.39 is 12.1 Å². The summed E-state index contributed by atoms with van der Waals surface area (Å²) in [7, 11) is 1.57. The lowest BCUT2D eigenvalue weighted by atomic mass is 10.1. The highest BCUT2D eigenvalue weighted by Crippen LogP contribution is 2.13. The fourth-order valence-corrected chi connectivity index (χ4v) is 2.69. The molecule has 2 amide bonds. The van der Waals surface area contributed by atoms with Crippen molar-refractivity contribution < 1.29 is 24.2 Å². The standard InChI is InChI=1S/C17H22N2O5/c1-18-17(23)13-4-2-3-12(9-13)5-6-15(20)19-7-8-24-14(11-19)10-16(21)22/h2-4,9,14H,5-8,10-11H2,1H3,(H,18,23)(H,21,22). The molecule has 0 saturated carbocycles. The van der Waals surface area contributed by atoms with Gasteiger partial charge in [0.2, 0.25) is 5.91 Å². The summed E-state index contributed by atoms with van der Waals surface area (Å²) in [6.45, 7) is 1.15. The molecule has 0 aromatic heterocycles. The fourth-order valence-electron chi connectivity index (χ4n) is 2.69. The van der Waals surface area contributed by atoms with Crippen LogP contribution in [0.1, 0.15) is 28.8 Å². The van der Waals surface area contributed by atoms with Crippen LogP contribution >= 0.6 is 0 Å². The van der Waals surface area contributed by atoms with Crippen LogP contribution in [0, 0.1) is 0 Å². The third-order valence-corrected chi connectivity index (χ3v) is 3.94. The topological polar surface area (TPSA) is 95.9 Å². The molecule has 7 nitrogen and oxygen atoms in total. The van der Waals surface area contributed by atoms with Crippen molar-refractivity contribution in [1.29, 1.82) is 0 Å². The Balaban J connectivity index is 1.88. The molecule has 0 bridgehead atoms. The van der Waals surface area contributed by atoms with Crippen LogP contribution in [0.2, 0.25) is 0 Å². The second-order valence-electron chi connectivity index (χ2n) is 5.71. The van der Waals surface area contributed by atoms with Gasteiger partial charge in [-0.05, 0) is 24.1 Å². The number of hydrogen-bond acceptors (Lipinski definition) is 4. The van der Waals surface area contributed by atoms with Crippen LogP contribution in [0.5, 0.6) is 0 Å². The predicted molar refractivity (Wildman–Crippen MR) is 86.7 cm³/mol. The minimum Gasteiger partial charge on any atom is -0.481 e. The predicted octanol–water partition coefficient (Wildman–Crippen LogP) is 0.681. The Morgan fingerprint density at radius 1 is 1.38 bits per heavy atom. The summed E-state index contributed by atoms with van der Waals surface area (Å²) in [6.07, 6.45) is 0.302. The van der Waals surface area contributed by atoms with E-state index in [2.05, 4.69) is 5.32 Å². The molecule has 0 radical (unpaired) electrons. The molecule has 1 aromatic carbocycles. The molecular weight excluding hydrogens is 312 g/mol. The van der Waals surface area contributed by atoms with E-state index in [0.717, 1.165) is 5.56 Å². The first-order valence-electron chi connectivity index (χ1n) is 7.91. The highest BCUT2D eigenvalue weighted by molar-refractivity contribution is 5.94. The average molecular weight is 334 g/mol. The van der Waals surface area contributed by atoms with Crippen LogP contribution in [-0.2, 0) is 20.7 Å². The number of hydrogen-bond donors (Lipinski definition) is 2. The third kappa shape index (κ3) is 5.06. The van der Waals surface area contributed by atoms with Crippen LogP contribution in [0.25, 0.3) is 0 Å². The quantitative estimate of drug-likeness (QED) is 0.797. The molecule has 1 unspecified atom stereocenters. The number of benzene rings is 1. The number of nitrogens with one attached hydrogen (secondary N) is 1. The van der Waals surface area contributed by atoms with Gasteiger partial charge in [-0.2, -0.15) is 0 Å². The Kier molecular flexibility index (Phi) is 6.31. The van der Waals surface area contributed by atoms with Gasteiger partial charge in [0.05, 0.1) is 19.1 Å². The zero-order chi connectivity index (χ0) is 17.5. The van der Waals surface area contributed by atoms with Crippen molar-refractivity contribution in [2.75, 3.05) is 26.7 Å². The second kappa shape index (κ2) is 8.44. The Bertz CT molecular complexity index is 617. The van der Waals surface area contributed by atoms with Gasteiger partial charge in [-0.3, -0.25) is 14.4 Å². The van der Waals surface area contributed by atoms with Crippen LogP contribution in [0.15, 0.2) is 24.3 Å². The highest BCUT2D eigenvalue weighted by atomic mass is 16.5. The largest absolute Gasteiger partial charge is 0.481 e. The first-order chi connectivity index (χ1) is 11.5. The molecule has 1 aliphatic heterocycles. The molecule has 2 N–H and O–H groups in total. The zero-order valence-corrected chi connectivity index (χ0v) is 13.7. The van der Waals surface area contributed by atoms with Crippen molar-refractivity contribution in [1.82, 2.24) is 10.2 Å². The van der Waals surface area contributed by atoms with Gasteiger partial charge in [0.1, 0.15) is 0 Å². The van der Waals surface area contributed by atoms with Crippen LogP contribution in [0.3, 0.4) is 0 Å². The van der Waals surface area contributed by atoms with E-state index in [1.54, 1.807) is 30.1 Å². The monoisotopic (exact) mass is 334 g/mol. The van der Waals surface area contributed by atoms with Gasteiger partial charge in [-0.25, -0.2) is 0 Å². The Hall–Kier alpha value is -2.41. The zero-order valence-electron chi connectivity index (χ0n) is 13.7. The highest BCUT2D eigenvalue weighted by Gasteiger charge is 2.25. The average Bonchev–Trinajstić information content (AvgIpc) is 2.59. The number of ether oxygens (including phenoxy) is 1. The molecule has 1 saturated heterocycles. The van der Waals surface area contributed by atoms with Crippen molar-refractivity contribution >= 4 is 17.8 Å². The van der Waals surface area contributed by atoms with Gasteiger partial charge in [-0.15, -0.1) is 0 Å². The molecule has 130 valence electrons. The van der Waals surface area contributed by atoms with Crippen LogP contribution in [0.4, 0.5) is 0 Å². The summed E-state index contributed by atoms with van der Waals surface area (Å²) in [5, 5.41) is 11.4. The molecule has 1 fully saturated rings. The lowest BCUT2D eigenvalue weighted by molar-refractivity contribution is -0.147. The van der Waals surface area contributed by atoms with E-state index in [9.17, 15) is 14.4 Å². The number of carbonyl (C=O) groups excluding carboxylic acids is 2. The van der Waals surface area contributed by atoms with E-state index in [1.807, 2.05) is 6.07 Å². The van der Waals surface area contributed by atoms with Crippen molar-refractivity contribution in [3.8, 4) is 0 Å². The smallest absolute Gasteiger partial charge is 0.306 e. The number of morpholine rings is 1. The number of carboxylic acids is 1. The van der Waals surface area contributed by atoms with Gasteiger partial charge in [0.25, 0.3) is 5.91 Å². The molecule has 1 aliphatic rings. The van der Waals surface area contributed by atoms with Crippen LogP contribution in [-0.4, -0.2) is 60.6 Å². The number of carbonyl (C=O) groups is 3. The molecule has 2 rings (SSSR count). The molecule has 0 spiro atoms. The fraction of sp³-hybridized carbons (Fsp3) is 0.471. The summed E-state index contributed by atoms with van der Waals surface area (Å²) in [5.74, 6) is -1.12. The lowest BCUT2D eigenvalue weighted by Crippen LogP contribution is -2.46. The van der Waals surface area contributed by atoms with Crippen molar-refractivity contribution in [2.24, 2.45) is 0 Å². The van der Waals surface area contributed by atoms with Crippen molar-refractivity contribution in [3.05, 3.63) is 35.4 Å². The van der Waals surface area contributed by atoms with Crippen molar-refractivity contribution in [3.63, 3.8) is 0 Å². The number of amides is 2. The number of aryl methyl sites for hydroxylation is 1. The second-order valence-corrected chi connectivity index (χ2v) is 5.71. The molecule has 24 heavy (non-hydrogen) atoms. The first kappa shape index (κ1) is 17.9. The number of nitrogens with zero attached hydrogens (tertiary/aromatic N) is 1. The SMILES string of the molecule is CNC(=O)c1cccc(CCC(=O)N2CCOC(CC(=O)O)C2)c1. The number of aliphatic carboxylic acids is 1. The first-order valence-corrected chi connectivity index (χ1v) is 7.91. The summed E-state index contributed by atoms with van der Waals surface area (Å²) in [4.78, 5) is 36.4. The van der Waals surface area contributed by atoms with Gasteiger partial charge in [0.15, 0.2) is 0 Å².